The first kappa shape index (κ1) is 14.5. The van der Waals surface area contributed by atoms with Crippen molar-refractivity contribution < 1.29 is 4.79 Å². The zero-order chi connectivity index (χ0) is 13.1. The summed E-state index contributed by atoms with van der Waals surface area (Å²) in [7, 11) is 0. The fourth-order valence-electron chi connectivity index (χ4n) is 2.44. The van der Waals surface area contributed by atoms with E-state index < -0.39 is 0 Å². The summed E-state index contributed by atoms with van der Waals surface area (Å²) in [5.74, 6) is 0.145. The van der Waals surface area contributed by atoms with E-state index in [4.69, 9.17) is 5.73 Å². The molecule has 0 bridgehead atoms. The number of rotatable bonds is 2. The number of nitrogens with two attached hydrogens (primary N) is 1. The van der Waals surface area contributed by atoms with E-state index in [0.29, 0.717) is 6.04 Å². The van der Waals surface area contributed by atoms with E-state index >= 15 is 0 Å². The lowest BCUT2D eigenvalue weighted by Gasteiger charge is -2.35. The molecular formula is C14H28N2O. The van der Waals surface area contributed by atoms with Gasteiger partial charge >= 0.3 is 0 Å². The van der Waals surface area contributed by atoms with Gasteiger partial charge in [0.15, 0.2) is 0 Å². The van der Waals surface area contributed by atoms with Crippen LogP contribution >= 0.6 is 0 Å². The molecule has 1 rings (SSSR count). The Labute approximate surface area is 106 Å². The van der Waals surface area contributed by atoms with Crippen LogP contribution in [0.3, 0.4) is 0 Å². The second kappa shape index (κ2) is 5.85. The molecule has 0 spiro atoms. The topological polar surface area (TPSA) is 46.3 Å². The van der Waals surface area contributed by atoms with Crippen molar-refractivity contribution >= 4 is 5.91 Å². The quantitative estimate of drug-likeness (QED) is 0.806. The Morgan fingerprint density at radius 3 is 2.53 bits per heavy atom. The minimum atomic E-state index is -0.380. The largest absolute Gasteiger partial charge is 0.338 e. The lowest BCUT2D eigenvalue weighted by Crippen LogP contribution is -2.53. The van der Waals surface area contributed by atoms with Crippen LogP contribution in [0.5, 0.6) is 0 Å². The lowest BCUT2D eigenvalue weighted by molar-refractivity contribution is -0.137. The number of carbonyl (C=O) groups excluding carboxylic acids is 1. The fourth-order valence-corrected chi connectivity index (χ4v) is 2.44. The van der Waals surface area contributed by atoms with Crippen LogP contribution in [-0.4, -0.2) is 29.4 Å². The Morgan fingerprint density at radius 1 is 1.35 bits per heavy atom. The molecule has 1 heterocycles. The molecule has 0 aromatic rings. The van der Waals surface area contributed by atoms with Gasteiger partial charge in [0.05, 0.1) is 6.04 Å². The second-order valence-electron chi connectivity index (χ2n) is 6.29. The average Bonchev–Trinajstić information content (AvgIpc) is 2.50. The van der Waals surface area contributed by atoms with Gasteiger partial charge in [-0.15, -0.1) is 0 Å². The van der Waals surface area contributed by atoms with E-state index in [-0.39, 0.29) is 17.4 Å². The Balaban J connectivity index is 2.77. The first-order valence-corrected chi connectivity index (χ1v) is 6.94. The van der Waals surface area contributed by atoms with E-state index in [2.05, 4.69) is 6.92 Å². The monoisotopic (exact) mass is 240 g/mol. The molecule has 0 aliphatic carbocycles. The van der Waals surface area contributed by atoms with Crippen LogP contribution in [0.15, 0.2) is 0 Å². The maximum atomic E-state index is 12.5. The number of likely N-dealkylation sites (tertiary alicyclic amines) is 1. The summed E-state index contributed by atoms with van der Waals surface area (Å²) in [6.07, 6.45) is 5.79. The Hall–Kier alpha value is -0.570. The Morgan fingerprint density at radius 2 is 2.00 bits per heavy atom. The number of hydrogen-bond donors (Lipinski definition) is 1. The van der Waals surface area contributed by atoms with Gasteiger partial charge in [0, 0.05) is 12.6 Å². The molecule has 1 aliphatic heterocycles. The first-order chi connectivity index (χ1) is 7.88. The highest BCUT2D eigenvalue weighted by atomic mass is 16.2. The Bertz CT molecular complexity index is 257. The highest BCUT2D eigenvalue weighted by Crippen LogP contribution is 2.24. The summed E-state index contributed by atoms with van der Waals surface area (Å²) in [5.41, 5.74) is 5.95. The van der Waals surface area contributed by atoms with Crippen LogP contribution in [0, 0.1) is 5.41 Å². The third kappa shape index (κ3) is 3.70. The van der Waals surface area contributed by atoms with E-state index in [1.54, 1.807) is 0 Å². The zero-order valence-electron chi connectivity index (χ0n) is 11.8. The van der Waals surface area contributed by atoms with Gasteiger partial charge in [0.1, 0.15) is 0 Å². The van der Waals surface area contributed by atoms with E-state index in [1.165, 1.54) is 12.8 Å². The van der Waals surface area contributed by atoms with Gasteiger partial charge in [0.25, 0.3) is 0 Å². The molecule has 2 atom stereocenters. The van der Waals surface area contributed by atoms with Crippen LogP contribution in [-0.2, 0) is 4.79 Å². The molecule has 0 aromatic carbocycles. The highest BCUT2D eigenvalue weighted by Gasteiger charge is 2.33. The molecule has 3 nitrogen and oxygen atoms in total. The third-order valence-corrected chi connectivity index (χ3v) is 3.83. The maximum Gasteiger partial charge on any atom is 0.240 e. The summed E-state index contributed by atoms with van der Waals surface area (Å²) in [6.45, 7) is 9.16. The lowest BCUT2D eigenvalue weighted by atomic mass is 9.86. The normalized spacial score (nSPS) is 24.3. The summed E-state index contributed by atoms with van der Waals surface area (Å²) in [5, 5.41) is 0. The van der Waals surface area contributed by atoms with Crippen LogP contribution in [0.4, 0.5) is 0 Å². The number of amides is 1. The molecule has 0 saturated carbocycles. The summed E-state index contributed by atoms with van der Waals surface area (Å²) >= 11 is 0. The van der Waals surface area contributed by atoms with Gasteiger partial charge in [-0.1, -0.05) is 40.5 Å². The standard InChI is InChI=1S/C14H28N2O/c1-5-11-9-7-6-8-10-16(11)13(17)12(15)14(2,3)4/h11-12H,5-10,15H2,1-4H3. The predicted molar refractivity (Wildman–Crippen MR) is 71.7 cm³/mol. The molecule has 100 valence electrons. The van der Waals surface area contributed by atoms with Crippen LogP contribution in [0.2, 0.25) is 0 Å². The third-order valence-electron chi connectivity index (χ3n) is 3.83. The SMILES string of the molecule is CCC1CCCCCN1C(=O)C(N)C(C)(C)C. The Kier molecular flexibility index (Phi) is 4.99. The summed E-state index contributed by atoms with van der Waals surface area (Å²) < 4.78 is 0. The number of hydrogen-bond acceptors (Lipinski definition) is 2. The van der Waals surface area contributed by atoms with Crippen LogP contribution < -0.4 is 5.73 Å². The van der Waals surface area contributed by atoms with Crippen molar-refractivity contribution in [2.45, 2.75) is 71.9 Å². The van der Waals surface area contributed by atoms with Gasteiger partial charge < -0.3 is 10.6 Å². The molecule has 1 aliphatic rings. The summed E-state index contributed by atoms with van der Waals surface area (Å²) in [6, 6.07) is 0.0213. The highest BCUT2D eigenvalue weighted by molar-refractivity contribution is 5.82. The van der Waals surface area contributed by atoms with Crippen molar-refractivity contribution in [2.75, 3.05) is 6.54 Å². The average molecular weight is 240 g/mol. The van der Waals surface area contributed by atoms with E-state index in [9.17, 15) is 4.79 Å². The van der Waals surface area contributed by atoms with Crippen molar-refractivity contribution in [3.05, 3.63) is 0 Å². The van der Waals surface area contributed by atoms with Crippen molar-refractivity contribution in [3.8, 4) is 0 Å². The number of carbonyl (C=O) groups is 1. The zero-order valence-corrected chi connectivity index (χ0v) is 11.8. The minimum Gasteiger partial charge on any atom is -0.338 e. The molecule has 3 heteroatoms. The van der Waals surface area contributed by atoms with Gasteiger partial charge in [-0.2, -0.15) is 0 Å². The molecule has 17 heavy (non-hydrogen) atoms. The molecule has 0 radical (unpaired) electrons. The van der Waals surface area contributed by atoms with Gasteiger partial charge in [-0.05, 0) is 24.7 Å². The molecule has 2 unspecified atom stereocenters. The molecular weight excluding hydrogens is 212 g/mol. The first-order valence-electron chi connectivity index (χ1n) is 6.94. The molecule has 1 amide bonds. The van der Waals surface area contributed by atoms with Crippen molar-refractivity contribution in [1.82, 2.24) is 4.90 Å². The van der Waals surface area contributed by atoms with Crippen LogP contribution in [0.1, 0.15) is 59.8 Å². The van der Waals surface area contributed by atoms with E-state index in [0.717, 1.165) is 25.8 Å². The predicted octanol–water partition coefficient (Wildman–Crippen LogP) is 2.54. The van der Waals surface area contributed by atoms with Gasteiger partial charge in [0.2, 0.25) is 5.91 Å². The smallest absolute Gasteiger partial charge is 0.240 e. The fraction of sp³-hybridized carbons (Fsp3) is 0.929. The van der Waals surface area contributed by atoms with E-state index in [1.807, 2.05) is 25.7 Å². The molecule has 2 N–H and O–H groups in total. The van der Waals surface area contributed by atoms with Crippen LogP contribution in [0.25, 0.3) is 0 Å². The van der Waals surface area contributed by atoms with Gasteiger partial charge in [-0.3, -0.25) is 4.79 Å². The molecule has 1 fully saturated rings. The minimum absolute atomic E-state index is 0.145. The number of nitrogens with zero attached hydrogens (tertiary/aromatic N) is 1. The van der Waals surface area contributed by atoms with Gasteiger partial charge in [-0.25, -0.2) is 0 Å². The summed E-state index contributed by atoms with van der Waals surface area (Å²) in [4.78, 5) is 14.5. The molecule has 0 aromatic heterocycles. The van der Waals surface area contributed by atoms with Crippen molar-refractivity contribution in [3.63, 3.8) is 0 Å². The van der Waals surface area contributed by atoms with Crippen molar-refractivity contribution in [2.24, 2.45) is 11.1 Å². The van der Waals surface area contributed by atoms with Crippen molar-refractivity contribution in [1.29, 1.82) is 0 Å². The molecule has 1 saturated heterocycles. The second-order valence-corrected chi connectivity index (χ2v) is 6.29. The maximum absolute atomic E-state index is 12.5.